The first-order chi connectivity index (χ1) is 10.9. The first kappa shape index (κ1) is 15.8. The van der Waals surface area contributed by atoms with Crippen LogP contribution in [-0.4, -0.2) is 12.1 Å². The molecule has 0 spiro atoms. The summed E-state index contributed by atoms with van der Waals surface area (Å²) < 4.78 is 5.77. The number of hydrogen-bond donors (Lipinski definition) is 0. The maximum Gasteiger partial charge on any atom is 0.332 e. The van der Waals surface area contributed by atoms with Gasteiger partial charge in [0.25, 0.3) is 0 Å². The van der Waals surface area contributed by atoms with Crippen LogP contribution in [-0.2, 0) is 9.53 Å². The number of nitriles is 1. The minimum atomic E-state index is -0.403. The lowest BCUT2D eigenvalue weighted by Crippen LogP contribution is -2.38. The van der Waals surface area contributed by atoms with E-state index in [0.29, 0.717) is 11.5 Å². The van der Waals surface area contributed by atoms with E-state index >= 15 is 0 Å². The molecule has 2 saturated carbocycles. The Kier molecular flexibility index (Phi) is 3.80. The average molecular weight is 309 g/mol. The molecule has 2 bridgehead atoms. The highest BCUT2D eigenvalue weighted by Crippen LogP contribution is 2.66. The summed E-state index contributed by atoms with van der Waals surface area (Å²) in [5.74, 6) is 0.221. The number of nitrogens with zero attached hydrogens (tertiary/aromatic N) is 1. The fraction of sp³-hybridized carbons (Fsp3) is 0.500. The van der Waals surface area contributed by atoms with Crippen LogP contribution in [0.1, 0.15) is 45.6 Å². The van der Waals surface area contributed by atoms with Gasteiger partial charge in [0.2, 0.25) is 0 Å². The molecule has 0 aromatic heterocycles. The maximum atomic E-state index is 12.3. The molecular formula is C20H23NO2. The SMILES string of the molecule is CC1(C)[C@@H]2CC[C@@]1(C)[C@H](OC(=O)C=C(C#N)c1ccccc1)C2. The molecule has 0 heterocycles. The maximum absolute atomic E-state index is 12.3. The van der Waals surface area contributed by atoms with Gasteiger partial charge in [0.05, 0.1) is 5.57 Å². The molecule has 0 saturated heterocycles. The van der Waals surface area contributed by atoms with Gasteiger partial charge in [-0.05, 0) is 36.2 Å². The Morgan fingerprint density at radius 2 is 2.00 bits per heavy atom. The van der Waals surface area contributed by atoms with Crippen LogP contribution in [0.3, 0.4) is 0 Å². The molecule has 3 heteroatoms. The first-order valence-corrected chi connectivity index (χ1v) is 8.26. The number of carbonyl (C=O) groups excluding carboxylic acids is 1. The Balaban J connectivity index is 1.76. The lowest BCUT2D eigenvalue weighted by molar-refractivity contribution is -0.150. The second-order valence-electron chi connectivity index (χ2n) is 7.57. The van der Waals surface area contributed by atoms with Gasteiger partial charge in [-0.25, -0.2) is 4.79 Å². The number of rotatable bonds is 3. The number of hydrogen-bond acceptors (Lipinski definition) is 3. The van der Waals surface area contributed by atoms with Crippen LogP contribution in [0.5, 0.6) is 0 Å². The Bertz CT molecular complexity index is 683. The third-order valence-electron chi connectivity index (χ3n) is 6.44. The minimum absolute atomic E-state index is 0.0424. The molecule has 0 radical (unpaired) electrons. The number of allylic oxidation sites excluding steroid dienone is 1. The van der Waals surface area contributed by atoms with E-state index in [9.17, 15) is 10.1 Å². The highest BCUT2D eigenvalue weighted by molar-refractivity contribution is 5.95. The van der Waals surface area contributed by atoms with Gasteiger partial charge in [-0.1, -0.05) is 51.1 Å². The zero-order valence-corrected chi connectivity index (χ0v) is 14.0. The third kappa shape index (κ3) is 2.47. The van der Waals surface area contributed by atoms with Crippen LogP contribution < -0.4 is 0 Å². The van der Waals surface area contributed by atoms with Gasteiger partial charge in [0.1, 0.15) is 12.2 Å². The fourth-order valence-electron chi connectivity index (χ4n) is 4.40. The molecule has 3 rings (SSSR count). The molecule has 23 heavy (non-hydrogen) atoms. The van der Waals surface area contributed by atoms with Crippen molar-refractivity contribution in [2.24, 2.45) is 16.7 Å². The minimum Gasteiger partial charge on any atom is -0.459 e. The smallest absolute Gasteiger partial charge is 0.332 e. The molecule has 0 amide bonds. The summed E-state index contributed by atoms with van der Waals surface area (Å²) in [6, 6.07) is 11.3. The van der Waals surface area contributed by atoms with Crippen molar-refractivity contribution in [2.45, 2.75) is 46.1 Å². The van der Waals surface area contributed by atoms with Gasteiger partial charge in [-0.2, -0.15) is 5.26 Å². The number of benzene rings is 1. The Hall–Kier alpha value is -2.08. The van der Waals surface area contributed by atoms with Crippen molar-refractivity contribution in [1.29, 1.82) is 5.26 Å². The summed E-state index contributed by atoms with van der Waals surface area (Å²) in [6.07, 6.45) is 4.56. The van der Waals surface area contributed by atoms with E-state index in [1.54, 1.807) is 0 Å². The molecule has 0 unspecified atom stereocenters. The second kappa shape index (κ2) is 5.53. The predicted octanol–water partition coefficient (Wildman–Crippen LogP) is 4.35. The van der Waals surface area contributed by atoms with Gasteiger partial charge >= 0.3 is 5.97 Å². The largest absolute Gasteiger partial charge is 0.459 e. The van der Waals surface area contributed by atoms with E-state index in [1.807, 2.05) is 30.3 Å². The monoisotopic (exact) mass is 309 g/mol. The molecule has 0 aliphatic heterocycles. The lowest BCUT2D eigenvalue weighted by Gasteiger charge is -2.38. The normalized spacial score (nSPS) is 31.7. The van der Waals surface area contributed by atoms with Crippen LogP contribution in [0.2, 0.25) is 0 Å². The quantitative estimate of drug-likeness (QED) is 0.474. The summed E-state index contributed by atoms with van der Waals surface area (Å²) in [4.78, 5) is 12.3. The van der Waals surface area contributed by atoms with E-state index in [2.05, 4.69) is 26.8 Å². The van der Waals surface area contributed by atoms with Crippen LogP contribution in [0.4, 0.5) is 0 Å². The highest BCUT2D eigenvalue weighted by atomic mass is 16.5. The third-order valence-corrected chi connectivity index (χ3v) is 6.44. The Morgan fingerprint density at radius 1 is 1.30 bits per heavy atom. The number of esters is 1. The van der Waals surface area contributed by atoms with E-state index in [0.717, 1.165) is 18.4 Å². The van der Waals surface area contributed by atoms with Gasteiger partial charge in [-0.3, -0.25) is 0 Å². The van der Waals surface area contributed by atoms with Crippen molar-refractivity contribution in [2.75, 3.05) is 0 Å². The van der Waals surface area contributed by atoms with E-state index in [4.69, 9.17) is 4.74 Å². The first-order valence-electron chi connectivity index (χ1n) is 8.26. The summed E-state index contributed by atoms with van der Waals surface area (Å²) >= 11 is 0. The summed E-state index contributed by atoms with van der Waals surface area (Å²) in [5.41, 5.74) is 1.34. The van der Waals surface area contributed by atoms with Crippen LogP contribution in [0.25, 0.3) is 5.57 Å². The predicted molar refractivity (Wildman–Crippen MR) is 89.1 cm³/mol. The molecule has 3 atom stereocenters. The van der Waals surface area contributed by atoms with Crippen LogP contribution in [0, 0.1) is 28.1 Å². The molecule has 2 fully saturated rings. The number of ether oxygens (including phenoxy) is 1. The summed E-state index contributed by atoms with van der Waals surface area (Å²) in [5, 5.41) is 9.30. The molecule has 2 aliphatic carbocycles. The molecular weight excluding hydrogens is 286 g/mol. The topological polar surface area (TPSA) is 50.1 Å². The van der Waals surface area contributed by atoms with E-state index in [1.165, 1.54) is 12.5 Å². The second-order valence-corrected chi connectivity index (χ2v) is 7.57. The van der Waals surface area contributed by atoms with Crippen molar-refractivity contribution in [3.05, 3.63) is 42.0 Å². The molecule has 3 nitrogen and oxygen atoms in total. The average Bonchev–Trinajstić information content (AvgIpc) is 2.87. The molecule has 1 aromatic carbocycles. The fourth-order valence-corrected chi connectivity index (χ4v) is 4.40. The van der Waals surface area contributed by atoms with Gasteiger partial charge < -0.3 is 4.74 Å². The number of carbonyl (C=O) groups is 1. The van der Waals surface area contributed by atoms with Gasteiger partial charge in [0.15, 0.2) is 0 Å². The Labute approximate surface area is 138 Å². The lowest BCUT2D eigenvalue weighted by atomic mass is 9.70. The number of fused-ring (bicyclic) bond motifs is 2. The van der Waals surface area contributed by atoms with Crippen LogP contribution in [0.15, 0.2) is 36.4 Å². The van der Waals surface area contributed by atoms with Crippen molar-refractivity contribution in [1.82, 2.24) is 0 Å². The van der Waals surface area contributed by atoms with Gasteiger partial charge in [-0.15, -0.1) is 0 Å². The molecule has 1 aromatic rings. The van der Waals surface area contributed by atoms with Gasteiger partial charge in [0, 0.05) is 11.5 Å². The summed E-state index contributed by atoms with van der Waals surface area (Å²) in [6.45, 7) is 6.82. The van der Waals surface area contributed by atoms with Crippen molar-refractivity contribution >= 4 is 11.5 Å². The van der Waals surface area contributed by atoms with Crippen molar-refractivity contribution in [3.8, 4) is 6.07 Å². The Morgan fingerprint density at radius 3 is 2.52 bits per heavy atom. The van der Waals surface area contributed by atoms with E-state index < -0.39 is 5.97 Å². The van der Waals surface area contributed by atoms with Crippen molar-refractivity contribution < 1.29 is 9.53 Å². The summed E-state index contributed by atoms with van der Waals surface area (Å²) in [7, 11) is 0. The van der Waals surface area contributed by atoms with E-state index in [-0.39, 0.29) is 16.9 Å². The highest BCUT2D eigenvalue weighted by Gasteiger charge is 2.62. The molecule has 2 aliphatic rings. The van der Waals surface area contributed by atoms with Crippen molar-refractivity contribution in [3.63, 3.8) is 0 Å². The molecule has 0 N–H and O–H groups in total. The zero-order valence-electron chi connectivity index (χ0n) is 14.0. The standard InChI is InChI=1S/C20H23NO2/c1-19(2)16-9-10-20(19,3)17(12-16)23-18(22)11-15(13-21)14-7-5-4-6-8-14/h4-8,11,16-17H,9-10,12H2,1-3H3/t16-,17-,20+/m1/s1. The zero-order chi connectivity index (χ0) is 16.7. The molecule has 120 valence electrons. The van der Waals surface area contributed by atoms with Crippen LogP contribution >= 0.6 is 0 Å².